The Balaban J connectivity index is 2.04. The molecule has 0 saturated heterocycles. The van der Waals surface area contributed by atoms with E-state index in [1.807, 2.05) is 44.2 Å². The summed E-state index contributed by atoms with van der Waals surface area (Å²) in [5.41, 5.74) is 7.68. The minimum Gasteiger partial charge on any atom is -0.381 e. The zero-order chi connectivity index (χ0) is 18.1. The summed E-state index contributed by atoms with van der Waals surface area (Å²) in [6, 6.07) is 16.7. The van der Waals surface area contributed by atoms with Crippen LogP contribution in [0.3, 0.4) is 0 Å². The van der Waals surface area contributed by atoms with Gasteiger partial charge in [-0.3, -0.25) is 0 Å². The summed E-state index contributed by atoms with van der Waals surface area (Å²) in [6.07, 6.45) is 0. The molecule has 25 heavy (non-hydrogen) atoms. The fourth-order valence-corrected chi connectivity index (χ4v) is 6.21. The molecule has 1 aliphatic rings. The van der Waals surface area contributed by atoms with Crippen molar-refractivity contribution in [2.75, 3.05) is 19.8 Å². The Morgan fingerprint density at radius 2 is 1.72 bits per heavy atom. The highest BCUT2D eigenvalue weighted by Gasteiger charge is 2.70. The van der Waals surface area contributed by atoms with Crippen LogP contribution < -0.4 is 5.73 Å². The van der Waals surface area contributed by atoms with E-state index >= 15 is 0 Å². The topological polar surface area (TPSA) is 69.4 Å². The Morgan fingerprint density at radius 3 is 2.28 bits per heavy atom. The standard InChI is InChI=1S/C20H25NO3S/c1-3-24-14-20(13-21)18(16-11-9-15(2)10-12-16)19(20)25(22,23)17-7-5-4-6-8-17/h4-12,18-19H,3,13-14,21H2,1-2H3/t18-,19+,20+/m0/s1. The Hall–Kier alpha value is -1.69. The molecule has 0 amide bonds. The van der Waals surface area contributed by atoms with Crippen molar-refractivity contribution in [3.63, 3.8) is 0 Å². The van der Waals surface area contributed by atoms with Crippen molar-refractivity contribution in [2.45, 2.75) is 29.9 Å². The van der Waals surface area contributed by atoms with Gasteiger partial charge in [-0.05, 0) is 31.5 Å². The van der Waals surface area contributed by atoms with Gasteiger partial charge in [-0.25, -0.2) is 8.42 Å². The van der Waals surface area contributed by atoms with Crippen LogP contribution in [0.25, 0.3) is 0 Å². The predicted molar refractivity (Wildman–Crippen MR) is 99.3 cm³/mol. The quantitative estimate of drug-likeness (QED) is 0.825. The number of hydrogen-bond acceptors (Lipinski definition) is 4. The Labute approximate surface area is 149 Å². The van der Waals surface area contributed by atoms with E-state index in [4.69, 9.17) is 10.5 Å². The fraction of sp³-hybridized carbons (Fsp3) is 0.400. The molecular formula is C20H25NO3S. The number of aryl methyl sites for hydroxylation is 1. The smallest absolute Gasteiger partial charge is 0.182 e. The van der Waals surface area contributed by atoms with Crippen LogP contribution in [0.1, 0.15) is 24.0 Å². The van der Waals surface area contributed by atoms with Gasteiger partial charge in [0.1, 0.15) is 0 Å². The maximum Gasteiger partial charge on any atom is 0.182 e. The van der Waals surface area contributed by atoms with Gasteiger partial charge in [0.25, 0.3) is 0 Å². The molecule has 2 aromatic carbocycles. The SMILES string of the molecule is CCOC[C@@]1(CN)[C@H](S(=O)(=O)c2ccccc2)[C@@H]1c1ccc(C)cc1. The van der Waals surface area contributed by atoms with Crippen molar-refractivity contribution in [3.05, 3.63) is 65.7 Å². The molecule has 2 N–H and O–H groups in total. The molecule has 0 aromatic heterocycles. The van der Waals surface area contributed by atoms with E-state index in [1.165, 1.54) is 0 Å². The molecule has 1 aliphatic carbocycles. The molecule has 134 valence electrons. The van der Waals surface area contributed by atoms with Gasteiger partial charge in [-0.2, -0.15) is 0 Å². The molecule has 2 aromatic rings. The molecule has 3 atom stereocenters. The summed E-state index contributed by atoms with van der Waals surface area (Å²) < 4.78 is 32.2. The van der Waals surface area contributed by atoms with Gasteiger partial charge in [0.05, 0.1) is 16.8 Å². The second-order valence-corrected chi connectivity index (χ2v) is 8.81. The first-order valence-corrected chi connectivity index (χ1v) is 10.2. The molecule has 0 unspecified atom stereocenters. The molecule has 5 heteroatoms. The lowest BCUT2D eigenvalue weighted by Gasteiger charge is -2.16. The minimum absolute atomic E-state index is 0.144. The highest BCUT2D eigenvalue weighted by molar-refractivity contribution is 7.92. The number of ether oxygens (including phenoxy) is 1. The predicted octanol–water partition coefficient (Wildman–Crippen LogP) is 2.92. The maximum absolute atomic E-state index is 13.3. The van der Waals surface area contributed by atoms with Crippen molar-refractivity contribution < 1.29 is 13.2 Å². The van der Waals surface area contributed by atoms with Crippen molar-refractivity contribution in [2.24, 2.45) is 11.1 Å². The summed E-state index contributed by atoms with van der Waals surface area (Å²) in [7, 11) is -3.48. The van der Waals surface area contributed by atoms with E-state index in [9.17, 15) is 8.42 Å². The average molecular weight is 359 g/mol. The van der Waals surface area contributed by atoms with Gasteiger partial charge in [0, 0.05) is 24.5 Å². The van der Waals surface area contributed by atoms with E-state index < -0.39 is 20.5 Å². The lowest BCUT2D eigenvalue weighted by atomic mass is 9.99. The summed E-state index contributed by atoms with van der Waals surface area (Å²) in [5.74, 6) is -0.144. The molecule has 0 radical (unpaired) electrons. The molecule has 0 heterocycles. The second-order valence-electron chi connectivity index (χ2n) is 6.74. The maximum atomic E-state index is 13.3. The zero-order valence-corrected chi connectivity index (χ0v) is 15.5. The molecule has 3 rings (SSSR count). The third kappa shape index (κ3) is 3.12. The molecule has 1 saturated carbocycles. The third-order valence-electron chi connectivity index (χ3n) is 5.18. The van der Waals surface area contributed by atoms with E-state index in [0.717, 1.165) is 11.1 Å². The van der Waals surface area contributed by atoms with Gasteiger partial charge in [-0.1, -0.05) is 48.0 Å². The number of sulfone groups is 1. The van der Waals surface area contributed by atoms with E-state index in [2.05, 4.69) is 0 Å². The van der Waals surface area contributed by atoms with Crippen LogP contribution >= 0.6 is 0 Å². The van der Waals surface area contributed by atoms with E-state index in [1.54, 1.807) is 24.3 Å². The van der Waals surface area contributed by atoms with Crippen LogP contribution in [-0.2, 0) is 14.6 Å². The third-order valence-corrected chi connectivity index (χ3v) is 7.52. The van der Waals surface area contributed by atoms with Crippen molar-refractivity contribution in [1.29, 1.82) is 0 Å². The normalized spacial score (nSPS) is 25.7. The first-order chi connectivity index (χ1) is 12.0. The number of benzene rings is 2. The second kappa shape index (κ2) is 6.90. The molecule has 0 bridgehead atoms. The number of rotatable bonds is 7. The van der Waals surface area contributed by atoms with Crippen molar-refractivity contribution in [1.82, 2.24) is 0 Å². The first kappa shape index (κ1) is 18.1. The highest BCUT2D eigenvalue weighted by atomic mass is 32.2. The molecule has 0 aliphatic heterocycles. The Bertz CT molecular complexity index is 818. The summed E-state index contributed by atoms with van der Waals surface area (Å²) in [6.45, 7) is 5.11. The number of nitrogens with two attached hydrogens (primary N) is 1. The summed E-state index contributed by atoms with van der Waals surface area (Å²) in [4.78, 5) is 0.351. The van der Waals surface area contributed by atoms with E-state index in [0.29, 0.717) is 18.1 Å². The van der Waals surface area contributed by atoms with Crippen molar-refractivity contribution in [3.8, 4) is 0 Å². The minimum atomic E-state index is -3.48. The van der Waals surface area contributed by atoms with Gasteiger partial charge < -0.3 is 10.5 Å². The lowest BCUT2D eigenvalue weighted by molar-refractivity contribution is 0.101. The van der Waals surface area contributed by atoms with Gasteiger partial charge in [0.15, 0.2) is 9.84 Å². The molecule has 4 nitrogen and oxygen atoms in total. The first-order valence-electron chi connectivity index (χ1n) is 8.60. The van der Waals surface area contributed by atoms with Crippen LogP contribution in [0.15, 0.2) is 59.5 Å². The van der Waals surface area contributed by atoms with Gasteiger partial charge >= 0.3 is 0 Å². The Kier molecular flexibility index (Phi) is 5.00. The van der Waals surface area contributed by atoms with E-state index in [-0.39, 0.29) is 12.5 Å². The van der Waals surface area contributed by atoms with Crippen LogP contribution in [-0.4, -0.2) is 33.4 Å². The Morgan fingerprint density at radius 1 is 1.08 bits per heavy atom. The van der Waals surface area contributed by atoms with Crippen LogP contribution in [0.5, 0.6) is 0 Å². The van der Waals surface area contributed by atoms with Gasteiger partial charge in [0.2, 0.25) is 0 Å². The van der Waals surface area contributed by atoms with Crippen molar-refractivity contribution >= 4 is 9.84 Å². The summed E-state index contributed by atoms with van der Waals surface area (Å²) in [5, 5.41) is -0.554. The van der Waals surface area contributed by atoms with Crippen LogP contribution in [0.4, 0.5) is 0 Å². The largest absolute Gasteiger partial charge is 0.381 e. The van der Waals surface area contributed by atoms with Crippen LogP contribution in [0.2, 0.25) is 0 Å². The van der Waals surface area contributed by atoms with Crippen LogP contribution in [0, 0.1) is 12.3 Å². The molecule has 1 fully saturated rings. The van der Waals surface area contributed by atoms with Gasteiger partial charge in [-0.15, -0.1) is 0 Å². The lowest BCUT2D eigenvalue weighted by Crippen LogP contribution is -2.29. The summed E-state index contributed by atoms with van der Waals surface area (Å²) >= 11 is 0. The molecular weight excluding hydrogens is 334 g/mol. The number of hydrogen-bond donors (Lipinski definition) is 1. The molecule has 0 spiro atoms. The average Bonchev–Trinajstić information content (AvgIpc) is 3.31. The zero-order valence-electron chi connectivity index (χ0n) is 14.7. The highest BCUT2D eigenvalue weighted by Crippen LogP contribution is 2.63. The monoisotopic (exact) mass is 359 g/mol. The fourth-order valence-electron chi connectivity index (χ4n) is 3.74.